The van der Waals surface area contributed by atoms with Gasteiger partial charge >= 0.3 is 0 Å². The van der Waals surface area contributed by atoms with Gasteiger partial charge in [-0.2, -0.15) is 0 Å². The third-order valence-electron chi connectivity index (χ3n) is 5.75. The first-order valence-corrected chi connectivity index (χ1v) is 12.0. The maximum atomic E-state index is 14.3. The second-order valence-electron chi connectivity index (χ2n) is 8.58. The van der Waals surface area contributed by atoms with E-state index in [0.29, 0.717) is 16.5 Å². The molecule has 37 heavy (non-hydrogen) atoms. The maximum Gasteiger partial charge on any atom is 0.257 e. The number of aromatic nitrogens is 2. The summed E-state index contributed by atoms with van der Waals surface area (Å²) in [6.45, 7) is 3.25. The number of imidazole rings is 1. The summed E-state index contributed by atoms with van der Waals surface area (Å²) < 4.78 is 21.2. The van der Waals surface area contributed by atoms with Crippen LogP contribution >= 0.6 is 11.6 Å². The number of rotatable bonds is 8. The molecule has 1 N–H and O–H groups in total. The van der Waals surface area contributed by atoms with Crippen molar-refractivity contribution in [2.45, 2.75) is 19.9 Å². The molecule has 0 fully saturated rings. The second-order valence-corrected chi connectivity index (χ2v) is 9.02. The predicted octanol–water partition coefficient (Wildman–Crippen LogP) is 5.83. The zero-order valence-corrected chi connectivity index (χ0v) is 21.4. The summed E-state index contributed by atoms with van der Waals surface area (Å²) in [5, 5.41) is 3.41. The van der Waals surface area contributed by atoms with Crippen LogP contribution in [0.15, 0.2) is 79.0 Å². The van der Waals surface area contributed by atoms with Crippen molar-refractivity contribution in [1.29, 1.82) is 0 Å². The summed E-state index contributed by atoms with van der Waals surface area (Å²) in [6.07, 6.45) is 1.80. The zero-order chi connectivity index (χ0) is 26.5. The highest BCUT2D eigenvalue weighted by atomic mass is 35.5. The fourth-order valence-electron chi connectivity index (χ4n) is 3.77. The minimum atomic E-state index is -0.638. The average molecular weight is 521 g/mol. The van der Waals surface area contributed by atoms with Crippen LogP contribution in [-0.2, 0) is 4.79 Å². The van der Waals surface area contributed by atoms with Gasteiger partial charge in [-0.15, -0.1) is 0 Å². The normalized spacial score (nSPS) is 10.9. The topological polar surface area (TPSA) is 76.5 Å². The Hall–Kier alpha value is -4.17. The molecule has 0 saturated heterocycles. The van der Waals surface area contributed by atoms with E-state index >= 15 is 0 Å². The number of anilines is 1. The first kappa shape index (κ1) is 25.9. The quantitative estimate of drug-likeness (QED) is 0.317. The van der Waals surface area contributed by atoms with Crippen molar-refractivity contribution in [3.63, 3.8) is 0 Å². The number of nitrogens with one attached hydrogen (secondary N) is 1. The van der Waals surface area contributed by atoms with E-state index in [1.54, 1.807) is 62.1 Å². The van der Waals surface area contributed by atoms with Crippen molar-refractivity contribution in [3.05, 3.63) is 95.4 Å². The van der Waals surface area contributed by atoms with E-state index in [2.05, 4.69) is 10.3 Å². The summed E-state index contributed by atoms with van der Waals surface area (Å²) in [6, 6.07) is 19.8. The summed E-state index contributed by atoms with van der Waals surface area (Å²) in [5.74, 6) is -0.722. The lowest BCUT2D eigenvalue weighted by atomic mass is 10.1. The molecule has 0 atom stereocenters. The predicted molar refractivity (Wildman–Crippen MR) is 142 cm³/mol. The molecule has 0 saturated carbocycles. The number of nitrogens with zero attached hydrogens (tertiary/aromatic N) is 3. The fourth-order valence-corrected chi connectivity index (χ4v) is 3.89. The Kier molecular flexibility index (Phi) is 7.89. The first-order valence-electron chi connectivity index (χ1n) is 11.6. The van der Waals surface area contributed by atoms with Crippen molar-refractivity contribution < 1.29 is 18.7 Å². The molecule has 7 nitrogen and oxygen atoms in total. The molecule has 3 aromatic carbocycles. The van der Waals surface area contributed by atoms with Gasteiger partial charge in [0.25, 0.3) is 5.91 Å². The number of hydrogen-bond donors (Lipinski definition) is 1. The Balaban J connectivity index is 1.63. The van der Waals surface area contributed by atoms with Crippen LogP contribution in [0.5, 0.6) is 5.75 Å². The van der Waals surface area contributed by atoms with Gasteiger partial charge in [0.2, 0.25) is 11.9 Å². The molecule has 0 spiro atoms. The van der Waals surface area contributed by atoms with Gasteiger partial charge < -0.3 is 9.64 Å². The Morgan fingerprint density at radius 1 is 1.05 bits per heavy atom. The van der Waals surface area contributed by atoms with Gasteiger partial charge in [-0.1, -0.05) is 35.9 Å². The van der Waals surface area contributed by atoms with Crippen molar-refractivity contribution in [2.75, 3.05) is 19.0 Å². The van der Waals surface area contributed by atoms with Crippen LogP contribution in [0.1, 0.15) is 24.2 Å². The highest BCUT2D eigenvalue weighted by molar-refractivity contribution is 6.30. The minimum Gasteiger partial charge on any atom is -0.497 e. The number of amides is 2. The highest BCUT2D eigenvalue weighted by Gasteiger charge is 2.25. The van der Waals surface area contributed by atoms with Crippen LogP contribution in [0.4, 0.5) is 10.3 Å². The molecule has 2 amide bonds. The van der Waals surface area contributed by atoms with E-state index in [1.165, 1.54) is 23.1 Å². The van der Waals surface area contributed by atoms with Gasteiger partial charge in [0, 0.05) is 28.5 Å². The van der Waals surface area contributed by atoms with E-state index in [4.69, 9.17) is 16.3 Å². The van der Waals surface area contributed by atoms with Crippen LogP contribution in [0.3, 0.4) is 0 Å². The SMILES string of the molecule is COc1ccc(-n2cc(-c3ccc(Cl)cc3)nc2NC(=O)CN(C(=O)c2ccccc2F)C(C)C)cc1. The highest BCUT2D eigenvalue weighted by Crippen LogP contribution is 2.26. The molecule has 4 rings (SSSR count). The smallest absolute Gasteiger partial charge is 0.257 e. The number of ether oxygens (including phenoxy) is 1. The molecule has 0 aliphatic heterocycles. The van der Waals surface area contributed by atoms with E-state index < -0.39 is 17.6 Å². The molecule has 9 heteroatoms. The lowest BCUT2D eigenvalue weighted by molar-refractivity contribution is -0.117. The Morgan fingerprint density at radius 2 is 1.73 bits per heavy atom. The van der Waals surface area contributed by atoms with E-state index in [9.17, 15) is 14.0 Å². The molecule has 1 heterocycles. The van der Waals surface area contributed by atoms with E-state index in [-0.39, 0.29) is 24.1 Å². The van der Waals surface area contributed by atoms with Crippen LogP contribution < -0.4 is 10.1 Å². The largest absolute Gasteiger partial charge is 0.497 e. The molecule has 4 aromatic rings. The Morgan fingerprint density at radius 3 is 2.35 bits per heavy atom. The Bertz CT molecular complexity index is 1400. The van der Waals surface area contributed by atoms with Gasteiger partial charge in [-0.3, -0.25) is 19.5 Å². The van der Waals surface area contributed by atoms with Crippen LogP contribution in [0.2, 0.25) is 5.02 Å². The summed E-state index contributed by atoms with van der Waals surface area (Å²) in [7, 11) is 1.58. The van der Waals surface area contributed by atoms with E-state index in [0.717, 1.165) is 11.3 Å². The number of benzene rings is 3. The number of hydrogen-bond acceptors (Lipinski definition) is 4. The summed E-state index contributed by atoms with van der Waals surface area (Å²) in [4.78, 5) is 32.1. The lowest BCUT2D eigenvalue weighted by Crippen LogP contribution is -2.42. The average Bonchev–Trinajstić information content (AvgIpc) is 3.31. The Labute approximate surface area is 219 Å². The van der Waals surface area contributed by atoms with Crippen molar-refractivity contribution >= 4 is 29.4 Å². The maximum absolute atomic E-state index is 14.3. The molecule has 1 aromatic heterocycles. The molecular formula is C28H26ClFN4O3. The molecule has 190 valence electrons. The van der Waals surface area contributed by atoms with Gasteiger partial charge in [0.05, 0.1) is 18.4 Å². The van der Waals surface area contributed by atoms with Gasteiger partial charge in [-0.25, -0.2) is 9.37 Å². The molecule has 0 bridgehead atoms. The van der Waals surface area contributed by atoms with Crippen molar-refractivity contribution in [1.82, 2.24) is 14.5 Å². The van der Waals surface area contributed by atoms with Crippen molar-refractivity contribution in [2.24, 2.45) is 0 Å². The second kappa shape index (κ2) is 11.3. The monoisotopic (exact) mass is 520 g/mol. The van der Waals surface area contributed by atoms with Crippen LogP contribution in [-0.4, -0.2) is 46.0 Å². The first-order chi connectivity index (χ1) is 17.8. The van der Waals surface area contributed by atoms with Crippen LogP contribution in [0.25, 0.3) is 16.9 Å². The molecule has 0 aliphatic carbocycles. The molecular weight excluding hydrogens is 495 g/mol. The fraction of sp³-hybridized carbons (Fsp3) is 0.179. The van der Waals surface area contributed by atoms with Crippen LogP contribution in [0, 0.1) is 5.82 Å². The molecule has 0 radical (unpaired) electrons. The minimum absolute atomic E-state index is 0.0891. The van der Waals surface area contributed by atoms with E-state index in [1.807, 2.05) is 24.3 Å². The number of methoxy groups -OCH3 is 1. The summed E-state index contributed by atoms with van der Waals surface area (Å²) >= 11 is 6.03. The number of carbonyl (C=O) groups excluding carboxylic acids is 2. The van der Waals surface area contributed by atoms with Gasteiger partial charge in [0.15, 0.2) is 0 Å². The molecule has 0 unspecified atom stereocenters. The number of halogens is 2. The van der Waals surface area contributed by atoms with Gasteiger partial charge in [0.1, 0.15) is 18.1 Å². The number of carbonyl (C=O) groups is 2. The lowest BCUT2D eigenvalue weighted by Gasteiger charge is -2.26. The summed E-state index contributed by atoms with van der Waals surface area (Å²) in [5.41, 5.74) is 2.08. The van der Waals surface area contributed by atoms with Gasteiger partial charge in [-0.05, 0) is 62.4 Å². The molecule has 0 aliphatic rings. The third-order valence-corrected chi connectivity index (χ3v) is 6.00. The zero-order valence-electron chi connectivity index (χ0n) is 20.6. The van der Waals surface area contributed by atoms with Crippen molar-refractivity contribution in [3.8, 4) is 22.7 Å². The standard InChI is InChI=1S/C28H26ClFN4O3/c1-18(2)33(27(36)23-6-4-5-7-24(23)30)17-26(35)32-28-31-25(19-8-10-20(29)11-9-19)16-34(28)21-12-14-22(37-3)15-13-21/h4-16,18H,17H2,1-3H3,(H,31,32,35). The third kappa shape index (κ3) is 5.98.